The lowest BCUT2D eigenvalue weighted by molar-refractivity contribution is -0.117. The predicted octanol–water partition coefficient (Wildman–Crippen LogP) is 4.93. The lowest BCUT2D eigenvalue weighted by Gasteiger charge is -2.36. The van der Waals surface area contributed by atoms with E-state index in [4.69, 9.17) is 0 Å². The van der Waals surface area contributed by atoms with Gasteiger partial charge in [-0.3, -0.25) is 4.79 Å². The highest BCUT2D eigenvalue weighted by atomic mass is 32.2. The van der Waals surface area contributed by atoms with Crippen molar-refractivity contribution in [3.05, 3.63) is 89.5 Å². The number of nitrogens with one attached hydrogen (secondary N) is 2. The number of anilines is 2. The summed E-state index contributed by atoms with van der Waals surface area (Å²) in [7, 11) is -3.87. The molecule has 0 radical (unpaired) electrons. The van der Waals surface area contributed by atoms with E-state index in [2.05, 4.69) is 45.0 Å². The molecule has 7 nitrogen and oxygen atoms in total. The molecular formula is C32H38N4O3S. The fourth-order valence-electron chi connectivity index (χ4n) is 6.29. The van der Waals surface area contributed by atoms with Crippen LogP contribution < -0.4 is 14.9 Å². The van der Waals surface area contributed by atoms with Crippen LogP contribution in [0.3, 0.4) is 0 Å². The number of nitrogens with zero attached hydrogens (tertiary/aromatic N) is 2. The van der Waals surface area contributed by atoms with E-state index in [0.29, 0.717) is 11.4 Å². The van der Waals surface area contributed by atoms with Crippen molar-refractivity contribution in [3.8, 4) is 0 Å². The number of likely N-dealkylation sites (N-methyl/N-ethyl adjacent to an activating group) is 1. The van der Waals surface area contributed by atoms with Crippen LogP contribution in [0, 0.1) is 5.92 Å². The molecule has 3 aliphatic rings. The normalized spacial score (nSPS) is 22.9. The van der Waals surface area contributed by atoms with E-state index in [0.717, 1.165) is 64.0 Å². The van der Waals surface area contributed by atoms with Gasteiger partial charge in [-0.25, -0.2) is 13.1 Å². The molecule has 210 valence electrons. The van der Waals surface area contributed by atoms with Crippen molar-refractivity contribution in [2.45, 2.75) is 49.5 Å². The fourth-order valence-corrected chi connectivity index (χ4v) is 7.79. The van der Waals surface area contributed by atoms with Crippen LogP contribution in [-0.2, 0) is 21.2 Å². The van der Waals surface area contributed by atoms with Crippen LogP contribution in [0.25, 0.3) is 0 Å². The highest BCUT2D eigenvalue weighted by Gasteiger charge is 2.44. The molecule has 6 rings (SSSR count). The van der Waals surface area contributed by atoms with Gasteiger partial charge >= 0.3 is 0 Å². The van der Waals surface area contributed by atoms with Crippen molar-refractivity contribution in [2.24, 2.45) is 5.92 Å². The minimum atomic E-state index is -3.87. The van der Waals surface area contributed by atoms with Gasteiger partial charge in [0, 0.05) is 43.8 Å². The SMILES string of the molecule is CCN1CCN(c2ccc(NC(=O)[C@H]3C[C@H]3c3ccccc3)cc2S(=O)(=O)N[C@H]2CCCc3ccccc32)CC1. The van der Waals surface area contributed by atoms with Gasteiger partial charge in [0.15, 0.2) is 0 Å². The van der Waals surface area contributed by atoms with Crippen LogP contribution in [0.15, 0.2) is 77.7 Å². The Kier molecular flexibility index (Phi) is 7.66. The summed E-state index contributed by atoms with van der Waals surface area (Å²) in [5.74, 6) is 0.0587. The molecule has 2 fully saturated rings. The third kappa shape index (κ3) is 5.66. The second-order valence-corrected chi connectivity index (χ2v) is 12.9. The molecule has 40 heavy (non-hydrogen) atoms. The van der Waals surface area contributed by atoms with E-state index < -0.39 is 10.0 Å². The molecule has 3 aromatic rings. The van der Waals surface area contributed by atoms with E-state index in [-0.39, 0.29) is 28.7 Å². The van der Waals surface area contributed by atoms with Crippen molar-refractivity contribution in [1.82, 2.24) is 9.62 Å². The minimum Gasteiger partial charge on any atom is -0.368 e. The van der Waals surface area contributed by atoms with E-state index in [9.17, 15) is 13.2 Å². The van der Waals surface area contributed by atoms with E-state index in [1.807, 2.05) is 48.5 Å². The molecule has 1 saturated carbocycles. The summed E-state index contributed by atoms with van der Waals surface area (Å²) in [5, 5.41) is 3.02. The lowest BCUT2D eigenvalue weighted by atomic mass is 9.88. The minimum absolute atomic E-state index is 0.0596. The fraction of sp³-hybridized carbons (Fsp3) is 0.406. The largest absolute Gasteiger partial charge is 0.368 e. The quantitative estimate of drug-likeness (QED) is 0.410. The van der Waals surface area contributed by atoms with Crippen molar-refractivity contribution in [1.29, 1.82) is 0 Å². The van der Waals surface area contributed by atoms with E-state index >= 15 is 0 Å². The highest BCUT2D eigenvalue weighted by molar-refractivity contribution is 7.89. The third-order valence-corrected chi connectivity index (χ3v) is 10.2. The first-order valence-electron chi connectivity index (χ1n) is 14.5. The molecule has 1 amide bonds. The predicted molar refractivity (Wildman–Crippen MR) is 159 cm³/mol. The maximum atomic E-state index is 14.1. The summed E-state index contributed by atoms with van der Waals surface area (Å²) in [6, 6.07) is 23.3. The Morgan fingerprint density at radius 2 is 1.70 bits per heavy atom. The van der Waals surface area contributed by atoms with E-state index in [1.54, 1.807) is 6.07 Å². The number of sulfonamides is 1. The van der Waals surface area contributed by atoms with Gasteiger partial charge in [0.25, 0.3) is 0 Å². The first-order chi connectivity index (χ1) is 19.4. The van der Waals surface area contributed by atoms with Crippen LogP contribution in [0.2, 0.25) is 0 Å². The standard InChI is InChI=1S/C32H38N4O3S/c1-2-35-17-19-36(20-18-35)30-16-15-25(33-32(37)28-22-27(28)24-9-4-3-5-10-24)21-31(30)40(38,39)34-29-14-8-12-23-11-6-7-13-26(23)29/h3-7,9-11,13,15-16,21,27-29,34H,2,8,12,14,17-20,22H2,1H3,(H,33,37)/t27-,28-,29-/m0/s1. The number of fused-ring (bicyclic) bond motifs is 1. The molecule has 0 aromatic heterocycles. The zero-order valence-corrected chi connectivity index (χ0v) is 23.9. The Morgan fingerprint density at radius 1 is 0.950 bits per heavy atom. The highest BCUT2D eigenvalue weighted by Crippen LogP contribution is 2.48. The second kappa shape index (κ2) is 11.4. The summed E-state index contributed by atoms with van der Waals surface area (Å²) in [4.78, 5) is 17.9. The van der Waals surface area contributed by atoms with Gasteiger partial charge in [-0.1, -0.05) is 61.5 Å². The van der Waals surface area contributed by atoms with Gasteiger partial charge in [-0.15, -0.1) is 0 Å². The number of carbonyl (C=O) groups is 1. The summed E-state index contributed by atoms with van der Waals surface area (Å²) in [6.07, 6.45) is 3.48. The Hall–Kier alpha value is -3.20. The molecular weight excluding hydrogens is 520 g/mol. The Morgan fingerprint density at radius 3 is 2.48 bits per heavy atom. The topological polar surface area (TPSA) is 81.8 Å². The van der Waals surface area contributed by atoms with Gasteiger partial charge in [0.05, 0.1) is 5.69 Å². The lowest BCUT2D eigenvalue weighted by Crippen LogP contribution is -2.46. The molecule has 2 N–H and O–H groups in total. The average molecular weight is 559 g/mol. The summed E-state index contributed by atoms with van der Waals surface area (Å²) < 4.78 is 31.1. The molecule has 1 heterocycles. The molecule has 0 spiro atoms. The second-order valence-electron chi connectivity index (χ2n) is 11.2. The number of hydrogen-bond acceptors (Lipinski definition) is 5. The molecule has 1 saturated heterocycles. The van der Waals surface area contributed by atoms with Gasteiger partial charge in [0.2, 0.25) is 15.9 Å². The monoisotopic (exact) mass is 558 g/mol. The van der Waals surface area contributed by atoms with Crippen molar-refractivity contribution < 1.29 is 13.2 Å². The van der Waals surface area contributed by atoms with Crippen molar-refractivity contribution >= 4 is 27.3 Å². The zero-order valence-electron chi connectivity index (χ0n) is 23.1. The summed E-state index contributed by atoms with van der Waals surface area (Å²) in [5.41, 5.74) is 4.64. The van der Waals surface area contributed by atoms with Crippen LogP contribution in [-0.4, -0.2) is 51.9 Å². The van der Waals surface area contributed by atoms with Gasteiger partial charge in [-0.05, 0) is 73.0 Å². The first-order valence-corrected chi connectivity index (χ1v) is 16.0. The van der Waals surface area contributed by atoms with Crippen LogP contribution in [0.4, 0.5) is 11.4 Å². The molecule has 2 aliphatic carbocycles. The molecule has 0 bridgehead atoms. The number of rotatable bonds is 8. The van der Waals surface area contributed by atoms with Gasteiger partial charge in [0.1, 0.15) is 4.90 Å². The van der Waals surface area contributed by atoms with E-state index in [1.165, 1.54) is 11.1 Å². The van der Waals surface area contributed by atoms with Gasteiger partial charge < -0.3 is 15.1 Å². The average Bonchev–Trinajstić information content (AvgIpc) is 3.79. The van der Waals surface area contributed by atoms with Crippen molar-refractivity contribution in [2.75, 3.05) is 42.9 Å². The Bertz CT molecular complexity index is 1470. The smallest absolute Gasteiger partial charge is 0.243 e. The molecule has 0 unspecified atom stereocenters. The summed E-state index contributed by atoms with van der Waals surface area (Å²) in [6.45, 7) is 6.43. The van der Waals surface area contributed by atoms with Gasteiger partial charge in [-0.2, -0.15) is 0 Å². The maximum absolute atomic E-state index is 14.1. The van der Waals surface area contributed by atoms with Crippen LogP contribution in [0.1, 0.15) is 54.8 Å². The first kappa shape index (κ1) is 27.0. The Labute approximate surface area is 237 Å². The number of piperazine rings is 1. The zero-order chi connectivity index (χ0) is 27.7. The number of hydrogen-bond donors (Lipinski definition) is 2. The molecule has 1 aliphatic heterocycles. The van der Waals surface area contributed by atoms with Crippen LogP contribution in [0.5, 0.6) is 0 Å². The maximum Gasteiger partial charge on any atom is 0.243 e. The van der Waals surface area contributed by atoms with Crippen molar-refractivity contribution in [3.63, 3.8) is 0 Å². The number of benzene rings is 3. The molecule has 8 heteroatoms. The molecule has 3 atom stereocenters. The third-order valence-electron chi connectivity index (χ3n) is 8.70. The Balaban J connectivity index is 1.27. The van der Waals surface area contributed by atoms with Crippen LogP contribution >= 0.6 is 0 Å². The number of carbonyl (C=O) groups excluding carboxylic acids is 1. The number of aryl methyl sites for hydroxylation is 1. The summed E-state index contributed by atoms with van der Waals surface area (Å²) >= 11 is 0. The molecule has 3 aromatic carbocycles. The number of amides is 1.